The fourth-order valence-electron chi connectivity index (χ4n) is 1.16. The van der Waals surface area contributed by atoms with Crippen LogP contribution >= 0.6 is 0 Å². The summed E-state index contributed by atoms with van der Waals surface area (Å²) in [5.74, 6) is -2.19. The highest BCUT2D eigenvalue weighted by molar-refractivity contribution is 5.70. The first kappa shape index (κ1) is 11.5. The Morgan fingerprint density at radius 3 is 2.60 bits per heavy atom. The van der Waals surface area contributed by atoms with Crippen molar-refractivity contribution in [2.75, 3.05) is 0 Å². The molecule has 6 heteroatoms. The van der Waals surface area contributed by atoms with E-state index in [4.69, 9.17) is 5.11 Å². The second kappa shape index (κ2) is 4.29. The number of halogens is 3. The number of carboxylic acid groups (broad SMARTS) is 1. The third-order valence-corrected chi connectivity index (χ3v) is 1.85. The molecule has 1 N–H and O–H groups in total. The standard InChI is InChI=1S/C9H8F3NO2/c1-4-5(2-8(14)15)6(10)3-7(13-4)9(11)12/h3,9H,2H2,1H3,(H,14,15). The molecule has 0 saturated heterocycles. The van der Waals surface area contributed by atoms with Gasteiger partial charge in [-0.1, -0.05) is 0 Å². The lowest BCUT2D eigenvalue weighted by Gasteiger charge is -2.06. The first-order chi connectivity index (χ1) is 6.91. The Hall–Kier alpha value is -1.59. The predicted octanol–water partition coefficient (Wildman–Crippen LogP) is 2.09. The number of hydrogen-bond acceptors (Lipinski definition) is 2. The molecule has 0 bridgehead atoms. The molecule has 0 amide bonds. The van der Waals surface area contributed by atoms with Crippen LogP contribution in [0, 0.1) is 12.7 Å². The van der Waals surface area contributed by atoms with Crippen molar-refractivity contribution in [1.82, 2.24) is 4.98 Å². The molecular weight excluding hydrogens is 211 g/mol. The summed E-state index contributed by atoms with van der Waals surface area (Å²) in [6.07, 6.45) is -3.43. The number of carboxylic acids is 1. The molecule has 1 rings (SSSR count). The van der Waals surface area contributed by atoms with Gasteiger partial charge in [-0.15, -0.1) is 0 Å². The van der Waals surface area contributed by atoms with Crippen LogP contribution in [0.4, 0.5) is 13.2 Å². The lowest BCUT2D eigenvalue weighted by molar-refractivity contribution is -0.136. The first-order valence-electron chi connectivity index (χ1n) is 4.07. The molecular formula is C9H8F3NO2. The van der Waals surface area contributed by atoms with Crippen LogP contribution in [-0.4, -0.2) is 16.1 Å². The fourth-order valence-corrected chi connectivity index (χ4v) is 1.16. The van der Waals surface area contributed by atoms with Crippen LogP contribution in [0.15, 0.2) is 6.07 Å². The van der Waals surface area contributed by atoms with Gasteiger partial charge in [0.25, 0.3) is 6.43 Å². The summed E-state index contributed by atoms with van der Waals surface area (Å²) in [6.45, 7) is 1.30. The molecule has 0 fully saturated rings. The van der Waals surface area contributed by atoms with Crippen molar-refractivity contribution in [3.8, 4) is 0 Å². The molecule has 1 aromatic rings. The third-order valence-electron chi connectivity index (χ3n) is 1.85. The molecule has 0 aliphatic rings. The Morgan fingerprint density at radius 1 is 1.60 bits per heavy atom. The molecule has 0 spiro atoms. The van der Waals surface area contributed by atoms with Gasteiger partial charge >= 0.3 is 5.97 Å². The lowest BCUT2D eigenvalue weighted by atomic mass is 10.1. The second-order valence-corrected chi connectivity index (χ2v) is 2.96. The zero-order chi connectivity index (χ0) is 11.6. The van der Waals surface area contributed by atoms with E-state index in [0.29, 0.717) is 6.07 Å². The Morgan fingerprint density at radius 2 is 2.20 bits per heavy atom. The highest BCUT2D eigenvalue weighted by Crippen LogP contribution is 2.21. The summed E-state index contributed by atoms with van der Waals surface area (Å²) in [7, 11) is 0. The summed E-state index contributed by atoms with van der Waals surface area (Å²) >= 11 is 0. The maximum absolute atomic E-state index is 13.2. The summed E-state index contributed by atoms with van der Waals surface area (Å²) < 4.78 is 37.5. The van der Waals surface area contributed by atoms with Crippen LogP contribution in [0.1, 0.15) is 23.4 Å². The van der Waals surface area contributed by atoms with Crippen LogP contribution in [0.5, 0.6) is 0 Å². The van der Waals surface area contributed by atoms with E-state index in [1.165, 1.54) is 6.92 Å². The van der Waals surface area contributed by atoms with E-state index < -0.39 is 30.3 Å². The smallest absolute Gasteiger partial charge is 0.307 e. The minimum absolute atomic E-state index is 0.0206. The Labute approximate surface area is 83.6 Å². The van der Waals surface area contributed by atoms with Gasteiger partial charge in [0.1, 0.15) is 11.5 Å². The average molecular weight is 219 g/mol. The molecule has 0 atom stereocenters. The van der Waals surface area contributed by atoms with Gasteiger partial charge in [0.2, 0.25) is 0 Å². The van der Waals surface area contributed by atoms with E-state index in [-0.39, 0.29) is 11.3 Å². The van der Waals surface area contributed by atoms with Crippen molar-refractivity contribution in [2.24, 2.45) is 0 Å². The molecule has 1 heterocycles. The van der Waals surface area contributed by atoms with Crippen LogP contribution in [0.3, 0.4) is 0 Å². The quantitative estimate of drug-likeness (QED) is 0.846. The Kier molecular flexibility index (Phi) is 3.28. The fraction of sp³-hybridized carbons (Fsp3) is 0.333. The van der Waals surface area contributed by atoms with Gasteiger partial charge in [-0.3, -0.25) is 9.78 Å². The van der Waals surface area contributed by atoms with Gasteiger partial charge in [-0.25, -0.2) is 13.2 Å². The van der Waals surface area contributed by atoms with Crippen LogP contribution in [0.2, 0.25) is 0 Å². The number of rotatable bonds is 3. The van der Waals surface area contributed by atoms with E-state index in [9.17, 15) is 18.0 Å². The van der Waals surface area contributed by atoms with E-state index in [1.807, 2.05) is 0 Å². The molecule has 0 radical (unpaired) electrons. The number of alkyl halides is 2. The molecule has 0 aliphatic carbocycles. The SMILES string of the molecule is Cc1nc(C(F)F)cc(F)c1CC(=O)O. The molecule has 0 unspecified atom stereocenters. The number of hydrogen-bond donors (Lipinski definition) is 1. The molecule has 0 saturated carbocycles. The van der Waals surface area contributed by atoms with Gasteiger partial charge in [0, 0.05) is 17.3 Å². The van der Waals surface area contributed by atoms with Crippen LogP contribution < -0.4 is 0 Å². The summed E-state index contributed by atoms with van der Waals surface area (Å²) in [6, 6.07) is 0.565. The summed E-state index contributed by atoms with van der Waals surface area (Å²) in [5, 5.41) is 8.45. The molecule has 82 valence electrons. The average Bonchev–Trinajstić information content (AvgIpc) is 2.10. The number of pyridine rings is 1. The molecule has 0 aliphatic heterocycles. The maximum Gasteiger partial charge on any atom is 0.307 e. The van der Waals surface area contributed by atoms with Gasteiger partial charge < -0.3 is 5.11 Å². The molecule has 0 aromatic carbocycles. The third kappa shape index (κ3) is 2.68. The molecule has 15 heavy (non-hydrogen) atoms. The van der Waals surface area contributed by atoms with Crippen molar-refractivity contribution in [3.05, 3.63) is 28.8 Å². The van der Waals surface area contributed by atoms with Gasteiger partial charge in [0.05, 0.1) is 6.42 Å². The minimum Gasteiger partial charge on any atom is -0.481 e. The Bertz CT molecular complexity index is 370. The summed E-state index contributed by atoms with van der Waals surface area (Å²) in [4.78, 5) is 13.8. The Balaban J connectivity index is 3.15. The van der Waals surface area contributed by atoms with Crippen LogP contribution in [0.25, 0.3) is 0 Å². The topological polar surface area (TPSA) is 50.2 Å². The van der Waals surface area contributed by atoms with E-state index >= 15 is 0 Å². The monoisotopic (exact) mass is 219 g/mol. The number of aliphatic carboxylic acids is 1. The van der Waals surface area contributed by atoms with Crippen molar-refractivity contribution in [3.63, 3.8) is 0 Å². The number of aromatic nitrogens is 1. The van der Waals surface area contributed by atoms with E-state index in [0.717, 1.165) is 0 Å². The van der Waals surface area contributed by atoms with Gasteiger partial charge in [0.15, 0.2) is 0 Å². The highest BCUT2D eigenvalue weighted by atomic mass is 19.3. The first-order valence-corrected chi connectivity index (χ1v) is 4.07. The van der Waals surface area contributed by atoms with Crippen molar-refractivity contribution in [2.45, 2.75) is 19.8 Å². The lowest BCUT2D eigenvalue weighted by Crippen LogP contribution is -2.08. The largest absolute Gasteiger partial charge is 0.481 e. The van der Waals surface area contributed by atoms with Crippen LogP contribution in [-0.2, 0) is 11.2 Å². The minimum atomic E-state index is -2.86. The number of aryl methyl sites for hydroxylation is 1. The van der Waals surface area contributed by atoms with Crippen molar-refractivity contribution < 1.29 is 23.1 Å². The van der Waals surface area contributed by atoms with E-state index in [2.05, 4.69) is 4.98 Å². The van der Waals surface area contributed by atoms with E-state index in [1.54, 1.807) is 0 Å². The van der Waals surface area contributed by atoms with Gasteiger partial charge in [-0.05, 0) is 6.92 Å². The van der Waals surface area contributed by atoms with Crippen molar-refractivity contribution >= 4 is 5.97 Å². The zero-order valence-corrected chi connectivity index (χ0v) is 7.80. The summed E-state index contributed by atoms with van der Waals surface area (Å²) in [5.41, 5.74) is -0.862. The normalized spacial score (nSPS) is 10.7. The maximum atomic E-state index is 13.2. The number of nitrogens with zero attached hydrogens (tertiary/aromatic N) is 1. The predicted molar refractivity (Wildman–Crippen MR) is 45.2 cm³/mol. The molecule has 3 nitrogen and oxygen atoms in total. The zero-order valence-electron chi connectivity index (χ0n) is 7.80. The highest BCUT2D eigenvalue weighted by Gasteiger charge is 2.17. The van der Waals surface area contributed by atoms with Gasteiger partial charge in [-0.2, -0.15) is 0 Å². The van der Waals surface area contributed by atoms with Crippen molar-refractivity contribution in [1.29, 1.82) is 0 Å². The second-order valence-electron chi connectivity index (χ2n) is 2.96. The number of carbonyl (C=O) groups is 1. The molecule has 1 aromatic heterocycles.